The van der Waals surface area contributed by atoms with E-state index in [-0.39, 0.29) is 12.3 Å². The molecule has 3 aromatic carbocycles. The molecule has 0 amide bonds. The molecule has 0 atom stereocenters. The molecule has 0 saturated carbocycles. The number of hydrogen-bond donors (Lipinski definition) is 1. The van der Waals surface area contributed by atoms with Crippen LogP contribution in [-0.4, -0.2) is 14.9 Å². The lowest BCUT2D eigenvalue weighted by molar-refractivity contribution is -0.384. The molecule has 4 aromatic rings. The highest BCUT2D eigenvalue weighted by molar-refractivity contribution is 9.10. The van der Waals surface area contributed by atoms with Crippen molar-refractivity contribution in [3.63, 3.8) is 0 Å². The van der Waals surface area contributed by atoms with E-state index < -0.39 is 4.92 Å². The predicted octanol–water partition coefficient (Wildman–Crippen LogP) is 6.19. The number of aromatic nitrogens is 2. The van der Waals surface area contributed by atoms with Crippen LogP contribution in [-0.2, 0) is 6.61 Å². The summed E-state index contributed by atoms with van der Waals surface area (Å²) in [4.78, 5) is 18.0. The first kappa shape index (κ1) is 21.3. The standard InChI is InChI=1S/C24H17BrN4O3/c1-15-2-8-21-22(10-15)28-24(27-21)18(13-26)11-17-5-9-23(20(25)12-17)32-14-16-3-6-19(7-4-16)29(30)31/h2-12H,14H2,1H3,(H,27,28)/b18-11-. The fourth-order valence-electron chi connectivity index (χ4n) is 3.17. The van der Waals surface area contributed by atoms with Crippen molar-refractivity contribution in [3.8, 4) is 11.8 Å². The van der Waals surface area contributed by atoms with Gasteiger partial charge in [-0.05, 0) is 82.0 Å². The summed E-state index contributed by atoms with van der Waals surface area (Å²) >= 11 is 3.51. The molecule has 8 heteroatoms. The van der Waals surface area contributed by atoms with E-state index in [1.165, 1.54) is 12.1 Å². The number of nitrogens with one attached hydrogen (secondary N) is 1. The SMILES string of the molecule is Cc1ccc2nc(/C(C#N)=C\c3ccc(OCc4ccc([N+](=O)[O-])cc4)c(Br)c3)[nH]c2c1. The number of fused-ring (bicyclic) bond motifs is 1. The Labute approximate surface area is 192 Å². The van der Waals surface area contributed by atoms with Crippen LogP contribution in [0.5, 0.6) is 5.75 Å². The van der Waals surface area contributed by atoms with E-state index in [0.717, 1.165) is 32.2 Å². The topological polar surface area (TPSA) is 105 Å². The number of ether oxygens (including phenoxy) is 1. The number of rotatable bonds is 6. The highest BCUT2D eigenvalue weighted by Crippen LogP contribution is 2.29. The second-order valence-corrected chi connectivity index (χ2v) is 8.03. The number of hydrogen-bond acceptors (Lipinski definition) is 5. The molecule has 0 aliphatic rings. The smallest absolute Gasteiger partial charge is 0.269 e. The van der Waals surface area contributed by atoms with Crippen LogP contribution in [0.1, 0.15) is 22.5 Å². The Bertz CT molecular complexity index is 1380. The minimum atomic E-state index is -0.435. The number of halogens is 1. The summed E-state index contributed by atoms with van der Waals surface area (Å²) in [7, 11) is 0. The fraction of sp³-hybridized carbons (Fsp3) is 0.0833. The predicted molar refractivity (Wildman–Crippen MR) is 126 cm³/mol. The molecule has 0 fully saturated rings. The number of H-pyrrole nitrogens is 1. The zero-order valence-electron chi connectivity index (χ0n) is 17.0. The van der Waals surface area contributed by atoms with Gasteiger partial charge in [-0.25, -0.2) is 4.98 Å². The van der Waals surface area contributed by atoms with Gasteiger partial charge >= 0.3 is 0 Å². The fourth-order valence-corrected chi connectivity index (χ4v) is 3.68. The van der Waals surface area contributed by atoms with Crippen LogP contribution in [0.3, 0.4) is 0 Å². The first-order chi connectivity index (χ1) is 15.4. The lowest BCUT2D eigenvalue weighted by Crippen LogP contribution is -1.97. The Balaban J connectivity index is 1.51. The molecule has 0 radical (unpaired) electrons. The minimum absolute atomic E-state index is 0.0407. The van der Waals surface area contributed by atoms with Gasteiger partial charge in [-0.2, -0.15) is 5.26 Å². The normalized spacial score (nSPS) is 11.3. The number of non-ortho nitro benzene ring substituents is 1. The van der Waals surface area contributed by atoms with Crippen LogP contribution >= 0.6 is 15.9 Å². The van der Waals surface area contributed by atoms with Gasteiger partial charge in [0.1, 0.15) is 24.3 Å². The summed E-state index contributed by atoms with van der Waals surface area (Å²) < 4.78 is 6.55. The second kappa shape index (κ2) is 9.04. The number of aryl methyl sites for hydroxylation is 1. The molecule has 0 aliphatic carbocycles. The monoisotopic (exact) mass is 488 g/mol. The van der Waals surface area contributed by atoms with Gasteiger partial charge in [0.15, 0.2) is 0 Å². The third-order valence-electron chi connectivity index (χ3n) is 4.82. The van der Waals surface area contributed by atoms with Crippen LogP contribution in [0.25, 0.3) is 22.7 Å². The van der Waals surface area contributed by atoms with Crippen molar-refractivity contribution in [1.29, 1.82) is 5.26 Å². The lowest BCUT2D eigenvalue weighted by atomic mass is 10.1. The summed E-state index contributed by atoms with van der Waals surface area (Å²) in [6, 6.07) is 19.8. The number of allylic oxidation sites excluding steroid dienone is 1. The number of imidazole rings is 1. The average Bonchev–Trinajstić information content (AvgIpc) is 3.20. The molecule has 4 rings (SSSR count). The molecule has 1 N–H and O–H groups in total. The third kappa shape index (κ3) is 4.68. The van der Waals surface area contributed by atoms with Gasteiger partial charge in [-0.3, -0.25) is 10.1 Å². The summed E-state index contributed by atoms with van der Waals surface area (Å²) in [5, 5.41) is 20.4. The maximum atomic E-state index is 10.8. The summed E-state index contributed by atoms with van der Waals surface area (Å²) in [6.45, 7) is 2.28. The van der Waals surface area contributed by atoms with E-state index in [0.29, 0.717) is 17.1 Å². The molecular weight excluding hydrogens is 472 g/mol. The number of aromatic amines is 1. The van der Waals surface area contributed by atoms with Crippen molar-refractivity contribution >= 4 is 44.3 Å². The average molecular weight is 489 g/mol. The Morgan fingerprint density at radius 1 is 1.22 bits per heavy atom. The highest BCUT2D eigenvalue weighted by atomic mass is 79.9. The third-order valence-corrected chi connectivity index (χ3v) is 5.44. The van der Waals surface area contributed by atoms with E-state index in [4.69, 9.17) is 4.74 Å². The van der Waals surface area contributed by atoms with Crippen molar-refractivity contribution in [3.05, 3.63) is 97.8 Å². The van der Waals surface area contributed by atoms with Gasteiger partial charge < -0.3 is 9.72 Å². The van der Waals surface area contributed by atoms with Gasteiger partial charge in [0, 0.05) is 12.1 Å². The zero-order valence-corrected chi connectivity index (χ0v) is 18.6. The van der Waals surface area contributed by atoms with Gasteiger partial charge in [-0.15, -0.1) is 0 Å². The summed E-state index contributed by atoms with van der Waals surface area (Å²) in [5.74, 6) is 1.14. The number of nitro groups is 1. The molecule has 0 bridgehead atoms. The Hall–Kier alpha value is -3.96. The van der Waals surface area contributed by atoms with Crippen molar-refractivity contribution in [1.82, 2.24) is 9.97 Å². The number of nitro benzene ring substituents is 1. The zero-order chi connectivity index (χ0) is 22.7. The largest absolute Gasteiger partial charge is 0.488 e. The van der Waals surface area contributed by atoms with Crippen LogP contribution < -0.4 is 4.74 Å². The van der Waals surface area contributed by atoms with Crippen LogP contribution in [0.4, 0.5) is 5.69 Å². The maximum absolute atomic E-state index is 10.8. The lowest BCUT2D eigenvalue weighted by Gasteiger charge is -2.09. The van der Waals surface area contributed by atoms with Gasteiger partial charge in [-0.1, -0.05) is 12.1 Å². The van der Waals surface area contributed by atoms with Crippen LogP contribution in [0.2, 0.25) is 0 Å². The minimum Gasteiger partial charge on any atom is -0.488 e. The Morgan fingerprint density at radius 3 is 2.69 bits per heavy atom. The highest BCUT2D eigenvalue weighted by Gasteiger charge is 2.10. The quantitative estimate of drug-likeness (QED) is 0.198. The molecule has 0 unspecified atom stereocenters. The molecule has 32 heavy (non-hydrogen) atoms. The van der Waals surface area contributed by atoms with E-state index in [2.05, 4.69) is 32.0 Å². The van der Waals surface area contributed by atoms with E-state index in [1.807, 2.05) is 37.3 Å². The van der Waals surface area contributed by atoms with E-state index in [1.54, 1.807) is 24.3 Å². The molecule has 1 aromatic heterocycles. The van der Waals surface area contributed by atoms with Gasteiger partial charge in [0.05, 0.1) is 26.0 Å². The van der Waals surface area contributed by atoms with Crippen molar-refractivity contribution < 1.29 is 9.66 Å². The van der Waals surface area contributed by atoms with Crippen molar-refractivity contribution in [2.75, 3.05) is 0 Å². The molecular formula is C24H17BrN4O3. The Kier molecular flexibility index (Phi) is 6.01. The molecule has 7 nitrogen and oxygen atoms in total. The van der Waals surface area contributed by atoms with Crippen molar-refractivity contribution in [2.45, 2.75) is 13.5 Å². The summed E-state index contributed by atoms with van der Waals surface area (Å²) in [5.41, 5.74) is 4.90. The number of nitrogens with zero attached hydrogens (tertiary/aromatic N) is 3. The number of nitriles is 1. The maximum Gasteiger partial charge on any atom is 0.269 e. The van der Waals surface area contributed by atoms with E-state index in [9.17, 15) is 15.4 Å². The first-order valence-electron chi connectivity index (χ1n) is 9.67. The number of benzene rings is 3. The first-order valence-corrected chi connectivity index (χ1v) is 10.5. The van der Waals surface area contributed by atoms with Crippen LogP contribution in [0.15, 0.2) is 65.1 Å². The van der Waals surface area contributed by atoms with E-state index >= 15 is 0 Å². The summed E-state index contributed by atoms with van der Waals surface area (Å²) in [6.07, 6.45) is 1.76. The van der Waals surface area contributed by atoms with Gasteiger partial charge in [0.25, 0.3) is 5.69 Å². The van der Waals surface area contributed by atoms with Gasteiger partial charge in [0.2, 0.25) is 0 Å². The molecule has 0 aliphatic heterocycles. The Morgan fingerprint density at radius 2 is 2.00 bits per heavy atom. The van der Waals surface area contributed by atoms with Crippen molar-refractivity contribution in [2.24, 2.45) is 0 Å². The molecule has 0 saturated heterocycles. The molecule has 158 valence electrons. The second-order valence-electron chi connectivity index (χ2n) is 7.18. The molecule has 1 heterocycles. The van der Waals surface area contributed by atoms with Crippen LogP contribution in [0, 0.1) is 28.4 Å². The molecule has 0 spiro atoms.